The predicted octanol–water partition coefficient (Wildman–Crippen LogP) is 2.99. The lowest BCUT2D eigenvalue weighted by Crippen LogP contribution is -2.41. The molecule has 0 amide bonds. The molecular weight excluding hydrogens is 385 g/mol. The fourth-order valence-electron chi connectivity index (χ4n) is 2.99. The van der Waals surface area contributed by atoms with Gasteiger partial charge in [-0.2, -0.15) is 4.31 Å². The summed E-state index contributed by atoms with van der Waals surface area (Å²) in [6.45, 7) is 6.31. The largest absolute Gasteiger partial charge is 0.422 e. The zero-order valence-electron chi connectivity index (χ0n) is 16.0. The van der Waals surface area contributed by atoms with Gasteiger partial charge in [0.1, 0.15) is 16.5 Å². The van der Waals surface area contributed by atoms with Gasteiger partial charge in [0.25, 0.3) is 0 Å². The second-order valence-electron chi connectivity index (χ2n) is 6.70. The molecular formula is C20H22FNO5S. The number of rotatable bonds is 4. The molecule has 0 bridgehead atoms. The quantitative estimate of drug-likeness (QED) is 0.576. The van der Waals surface area contributed by atoms with Crippen LogP contribution in [0.15, 0.2) is 35.2 Å². The minimum Gasteiger partial charge on any atom is -0.422 e. The Kier molecular flexibility index (Phi) is 5.83. The first-order valence-corrected chi connectivity index (χ1v) is 10.3. The molecule has 3 rings (SSSR count). The Balaban J connectivity index is 1.93. The third-order valence-corrected chi connectivity index (χ3v) is 6.74. The van der Waals surface area contributed by atoms with Crippen molar-refractivity contribution in [1.29, 1.82) is 0 Å². The van der Waals surface area contributed by atoms with Crippen LogP contribution in [0.2, 0.25) is 0 Å². The number of ether oxygens (including phenoxy) is 2. The van der Waals surface area contributed by atoms with Gasteiger partial charge < -0.3 is 9.47 Å². The summed E-state index contributed by atoms with van der Waals surface area (Å²) in [5.41, 5.74) is 2.52. The highest BCUT2D eigenvalue weighted by Crippen LogP contribution is 2.27. The van der Waals surface area contributed by atoms with Crippen LogP contribution in [-0.2, 0) is 14.8 Å². The van der Waals surface area contributed by atoms with Crippen LogP contribution >= 0.6 is 0 Å². The number of morpholine rings is 1. The van der Waals surface area contributed by atoms with Gasteiger partial charge in [0.2, 0.25) is 10.0 Å². The third-order valence-electron chi connectivity index (χ3n) is 4.82. The Bertz CT molecular complexity index is 1010. The molecule has 0 atom stereocenters. The first kappa shape index (κ1) is 20.4. The summed E-state index contributed by atoms with van der Waals surface area (Å²) in [6, 6.07) is 6.98. The molecule has 2 aromatic carbocycles. The van der Waals surface area contributed by atoms with Crippen LogP contribution in [0.1, 0.15) is 27.0 Å². The number of sulfonamides is 1. The smallest absolute Gasteiger partial charge is 0.343 e. The van der Waals surface area contributed by atoms with E-state index in [2.05, 4.69) is 0 Å². The SMILES string of the molecule is Cc1ccc(C)c(OC(=O)c2ccc(F)c(S(=O)(=O)N3CCOCC3)c2)c1C. The maximum atomic E-state index is 14.3. The van der Waals surface area contributed by atoms with Crippen molar-refractivity contribution in [3.05, 3.63) is 58.4 Å². The van der Waals surface area contributed by atoms with E-state index in [4.69, 9.17) is 9.47 Å². The second kappa shape index (κ2) is 7.98. The molecule has 28 heavy (non-hydrogen) atoms. The summed E-state index contributed by atoms with van der Waals surface area (Å²) < 4.78 is 51.7. The van der Waals surface area contributed by atoms with Crippen molar-refractivity contribution in [2.75, 3.05) is 26.3 Å². The average Bonchev–Trinajstić information content (AvgIpc) is 2.69. The monoisotopic (exact) mass is 407 g/mol. The topological polar surface area (TPSA) is 72.9 Å². The van der Waals surface area contributed by atoms with Crippen molar-refractivity contribution in [2.45, 2.75) is 25.7 Å². The summed E-state index contributed by atoms with van der Waals surface area (Å²) in [5, 5.41) is 0. The fourth-order valence-corrected chi connectivity index (χ4v) is 4.49. The summed E-state index contributed by atoms with van der Waals surface area (Å²) >= 11 is 0. The van der Waals surface area contributed by atoms with Crippen molar-refractivity contribution in [1.82, 2.24) is 4.31 Å². The number of aryl methyl sites for hydroxylation is 2. The number of esters is 1. The lowest BCUT2D eigenvalue weighted by Gasteiger charge is -2.26. The van der Waals surface area contributed by atoms with Crippen LogP contribution in [0.25, 0.3) is 0 Å². The van der Waals surface area contributed by atoms with Crippen LogP contribution < -0.4 is 4.74 Å². The molecule has 6 nitrogen and oxygen atoms in total. The Labute approximate surface area is 163 Å². The standard InChI is InChI=1S/C20H22FNO5S/c1-13-4-5-14(2)19(15(13)3)27-20(23)16-6-7-17(21)18(12-16)28(24,25)22-8-10-26-11-9-22/h4-7,12H,8-11H2,1-3H3. The van der Waals surface area contributed by atoms with E-state index < -0.39 is 26.7 Å². The number of benzene rings is 2. The van der Waals surface area contributed by atoms with Gasteiger partial charge in [0.15, 0.2) is 0 Å². The normalized spacial score (nSPS) is 15.4. The zero-order chi connectivity index (χ0) is 20.5. The average molecular weight is 407 g/mol. The van der Waals surface area contributed by atoms with Gasteiger partial charge in [-0.05, 0) is 55.7 Å². The Morgan fingerprint density at radius 1 is 1.07 bits per heavy atom. The van der Waals surface area contributed by atoms with E-state index in [9.17, 15) is 17.6 Å². The third kappa shape index (κ3) is 3.94. The van der Waals surface area contributed by atoms with Crippen molar-refractivity contribution in [3.8, 4) is 5.75 Å². The number of carbonyl (C=O) groups excluding carboxylic acids is 1. The highest BCUT2D eigenvalue weighted by molar-refractivity contribution is 7.89. The summed E-state index contributed by atoms with van der Waals surface area (Å²) in [7, 11) is -4.07. The second-order valence-corrected chi connectivity index (χ2v) is 8.61. The molecule has 0 saturated carbocycles. The molecule has 1 saturated heterocycles. The lowest BCUT2D eigenvalue weighted by atomic mass is 10.1. The highest BCUT2D eigenvalue weighted by Gasteiger charge is 2.30. The highest BCUT2D eigenvalue weighted by atomic mass is 32.2. The number of carbonyl (C=O) groups is 1. The molecule has 0 unspecified atom stereocenters. The van der Waals surface area contributed by atoms with Crippen LogP contribution in [0.4, 0.5) is 4.39 Å². The van der Waals surface area contributed by atoms with Crippen molar-refractivity contribution in [2.24, 2.45) is 0 Å². The number of halogens is 1. The first-order chi connectivity index (χ1) is 13.2. The predicted molar refractivity (Wildman–Crippen MR) is 102 cm³/mol. The molecule has 150 valence electrons. The van der Waals surface area contributed by atoms with Crippen LogP contribution in [0.5, 0.6) is 5.75 Å². The molecule has 0 radical (unpaired) electrons. The van der Waals surface area contributed by atoms with Gasteiger partial charge >= 0.3 is 5.97 Å². The molecule has 2 aromatic rings. The molecule has 0 spiro atoms. The van der Waals surface area contributed by atoms with Crippen LogP contribution in [0, 0.1) is 26.6 Å². The van der Waals surface area contributed by atoms with Gasteiger partial charge in [0.05, 0.1) is 18.8 Å². The van der Waals surface area contributed by atoms with Gasteiger partial charge in [0, 0.05) is 13.1 Å². The van der Waals surface area contributed by atoms with Gasteiger partial charge in [-0.25, -0.2) is 17.6 Å². The van der Waals surface area contributed by atoms with Gasteiger partial charge in [-0.15, -0.1) is 0 Å². The van der Waals surface area contributed by atoms with E-state index in [1.165, 1.54) is 6.07 Å². The molecule has 1 aliphatic rings. The van der Waals surface area contributed by atoms with Crippen molar-refractivity contribution >= 4 is 16.0 Å². The summed E-state index contributed by atoms with van der Waals surface area (Å²) in [5.74, 6) is -1.23. The summed E-state index contributed by atoms with van der Waals surface area (Å²) in [4.78, 5) is 12.1. The Morgan fingerprint density at radius 3 is 2.39 bits per heavy atom. The molecule has 0 aliphatic carbocycles. The van der Waals surface area contributed by atoms with Gasteiger partial charge in [-0.1, -0.05) is 12.1 Å². The fraction of sp³-hybridized carbons (Fsp3) is 0.350. The number of hydrogen-bond acceptors (Lipinski definition) is 5. The van der Waals surface area contributed by atoms with Crippen LogP contribution in [-0.4, -0.2) is 45.0 Å². The maximum absolute atomic E-state index is 14.3. The van der Waals surface area contributed by atoms with E-state index in [0.717, 1.165) is 33.1 Å². The van der Waals surface area contributed by atoms with E-state index in [0.29, 0.717) is 5.75 Å². The molecule has 0 N–H and O–H groups in total. The molecule has 1 heterocycles. The van der Waals surface area contributed by atoms with E-state index in [-0.39, 0.29) is 31.9 Å². The maximum Gasteiger partial charge on any atom is 0.343 e. The molecule has 1 fully saturated rings. The van der Waals surface area contributed by atoms with Crippen molar-refractivity contribution in [3.63, 3.8) is 0 Å². The van der Waals surface area contributed by atoms with E-state index in [1.807, 2.05) is 32.9 Å². The first-order valence-electron chi connectivity index (χ1n) is 8.88. The Morgan fingerprint density at radius 2 is 1.71 bits per heavy atom. The van der Waals surface area contributed by atoms with Crippen LogP contribution in [0.3, 0.4) is 0 Å². The zero-order valence-corrected chi connectivity index (χ0v) is 16.8. The molecule has 0 aromatic heterocycles. The lowest BCUT2D eigenvalue weighted by molar-refractivity contribution is 0.0725. The molecule has 8 heteroatoms. The number of hydrogen-bond donors (Lipinski definition) is 0. The van der Waals surface area contributed by atoms with E-state index in [1.54, 1.807) is 0 Å². The Hall–Kier alpha value is -2.29. The minimum atomic E-state index is -4.07. The molecule has 1 aliphatic heterocycles. The number of nitrogens with zero attached hydrogens (tertiary/aromatic N) is 1. The van der Waals surface area contributed by atoms with E-state index >= 15 is 0 Å². The summed E-state index contributed by atoms with van der Waals surface area (Å²) in [6.07, 6.45) is 0. The van der Waals surface area contributed by atoms with Crippen molar-refractivity contribution < 1.29 is 27.1 Å². The van der Waals surface area contributed by atoms with Gasteiger partial charge in [-0.3, -0.25) is 0 Å². The minimum absolute atomic E-state index is 0.0338.